The van der Waals surface area contributed by atoms with Crippen molar-refractivity contribution in [1.29, 1.82) is 0 Å². The van der Waals surface area contributed by atoms with Gasteiger partial charge in [-0.15, -0.1) is 0 Å². The van der Waals surface area contributed by atoms with Gasteiger partial charge in [-0.25, -0.2) is 0 Å². The predicted octanol–water partition coefficient (Wildman–Crippen LogP) is 0.892. The lowest BCUT2D eigenvalue weighted by atomic mass is 9.78. The molecule has 4 N–H and O–H groups in total. The molecule has 2 rings (SSSR count). The number of hydrogen-bond acceptors (Lipinski definition) is 4. The molecule has 1 aliphatic heterocycles. The number of carboxylic acid groups (broad SMARTS) is 1. The summed E-state index contributed by atoms with van der Waals surface area (Å²) in [4.78, 5) is 24.2. The van der Waals surface area contributed by atoms with Gasteiger partial charge < -0.3 is 20.9 Å². The maximum absolute atomic E-state index is 12.7. The molecule has 21 heavy (non-hydrogen) atoms. The van der Waals surface area contributed by atoms with Crippen molar-refractivity contribution >= 4 is 11.9 Å². The second-order valence-electron chi connectivity index (χ2n) is 6.66. The van der Waals surface area contributed by atoms with Gasteiger partial charge in [0.25, 0.3) is 0 Å². The van der Waals surface area contributed by atoms with Gasteiger partial charge in [0, 0.05) is 6.54 Å². The van der Waals surface area contributed by atoms with Crippen LogP contribution in [-0.2, 0) is 14.3 Å². The molecule has 1 amide bonds. The second-order valence-corrected chi connectivity index (χ2v) is 6.66. The number of rotatable bonds is 4. The molecular weight excluding hydrogens is 272 g/mol. The van der Waals surface area contributed by atoms with Gasteiger partial charge in [0.2, 0.25) is 5.91 Å². The van der Waals surface area contributed by atoms with Gasteiger partial charge in [-0.2, -0.15) is 0 Å². The van der Waals surface area contributed by atoms with E-state index >= 15 is 0 Å². The number of carboxylic acids is 1. The fourth-order valence-corrected chi connectivity index (χ4v) is 3.33. The van der Waals surface area contributed by atoms with Crippen molar-refractivity contribution in [3.8, 4) is 0 Å². The van der Waals surface area contributed by atoms with E-state index in [1.165, 1.54) is 0 Å². The summed E-state index contributed by atoms with van der Waals surface area (Å²) >= 11 is 0. The van der Waals surface area contributed by atoms with Crippen LogP contribution in [0.2, 0.25) is 0 Å². The molecule has 1 aliphatic carbocycles. The summed E-state index contributed by atoms with van der Waals surface area (Å²) in [6.45, 7) is 2.31. The van der Waals surface area contributed by atoms with E-state index in [4.69, 9.17) is 10.5 Å². The smallest absolute Gasteiger partial charge is 0.313 e. The van der Waals surface area contributed by atoms with Crippen LogP contribution in [0.25, 0.3) is 0 Å². The highest BCUT2D eigenvalue weighted by molar-refractivity contribution is 5.85. The molecule has 2 unspecified atom stereocenters. The van der Waals surface area contributed by atoms with E-state index in [0.29, 0.717) is 6.54 Å². The fourth-order valence-electron chi connectivity index (χ4n) is 3.33. The Morgan fingerprint density at radius 3 is 2.43 bits per heavy atom. The molecule has 120 valence electrons. The van der Waals surface area contributed by atoms with Crippen molar-refractivity contribution in [2.75, 3.05) is 19.8 Å². The van der Waals surface area contributed by atoms with Crippen LogP contribution in [0.15, 0.2) is 0 Å². The molecule has 0 spiro atoms. The van der Waals surface area contributed by atoms with Crippen molar-refractivity contribution in [1.82, 2.24) is 5.32 Å². The summed E-state index contributed by atoms with van der Waals surface area (Å²) in [5, 5.41) is 12.3. The first-order valence-corrected chi connectivity index (χ1v) is 7.77. The van der Waals surface area contributed by atoms with E-state index in [1.807, 2.05) is 0 Å². The number of hydrogen-bond donors (Lipinski definition) is 3. The molecule has 2 atom stereocenters. The highest BCUT2D eigenvalue weighted by Crippen LogP contribution is 2.36. The Morgan fingerprint density at radius 1 is 1.29 bits per heavy atom. The first-order chi connectivity index (χ1) is 9.94. The third-order valence-electron chi connectivity index (χ3n) is 5.18. The van der Waals surface area contributed by atoms with Crippen LogP contribution >= 0.6 is 0 Å². The van der Waals surface area contributed by atoms with Crippen LogP contribution in [0.1, 0.15) is 45.4 Å². The van der Waals surface area contributed by atoms with Gasteiger partial charge >= 0.3 is 5.97 Å². The minimum atomic E-state index is -1.06. The number of carbonyl (C=O) groups is 2. The maximum Gasteiger partial charge on any atom is 0.313 e. The van der Waals surface area contributed by atoms with E-state index in [9.17, 15) is 14.7 Å². The van der Waals surface area contributed by atoms with Crippen LogP contribution in [0, 0.1) is 10.8 Å². The Morgan fingerprint density at radius 2 is 1.90 bits per heavy atom. The Balaban J connectivity index is 2.10. The van der Waals surface area contributed by atoms with Crippen LogP contribution in [0.4, 0.5) is 0 Å². The van der Waals surface area contributed by atoms with E-state index in [1.54, 1.807) is 6.92 Å². The summed E-state index contributed by atoms with van der Waals surface area (Å²) < 4.78 is 5.29. The van der Waals surface area contributed by atoms with Crippen molar-refractivity contribution in [2.24, 2.45) is 16.6 Å². The summed E-state index contributed by atoms with van der Waals surface area (Å²) in [7, 11) is 0. The van der Waals surface area contributed by atoms with Gasteiger partial charge in [0.05, 0.1) is 24.7 Å². The fraction of sp³-hybridized carbons (Fsp3) is 0.867. The normalized spacial score (nSPS) is 32.4. The molecule has 0 aromatic rings. The van der Waals surface area contributed by atoms with Gasteiger partial charge in [0.15, 0.2) is 0 Å². The maximum atomic E-state index is 12.7. The van der Waals surface area contributed by atoms with Crippen molar-refractivity contribution in [3.63, 3.8) is 0 Å². The minimum absolute atomic E-state index is 0.102. The quantitative estimate of drug-likeness (QED) is 0.669. The number of carbonyl (C=O) groups excluding carboxylic acids is 1. The molecule has 6 heteroatoms. The lowest BCUT2D eigenvalue weighted by Crippen LogP contribution is -2.55. The Kier molecular flexibility index (Phi) is 4.88. The van der Waals surface area contributed by atoms with E-state index in [0.717, 1.165) is 38.5 Å². The molecule has 6 nitrogen and oxygen atoms in total. The molecule has 0 bridgehead atoms. The largest absolute Gasteiger partial charge is 0.481 e. The van der Waals surface area contributed by atoms with Crippen molar-refractivity contribution < 1.29 is 19.4 Å². The molecule has 2 fully saturated rings. The van der Waals surface area contributed by atoms with Gasteiger partial charge in [-0.3, -0.25) is 9.59 Å². The first kappa shape index (κ1) is 16.2. The van der Waals surface area contributed by atoms with Crippen LogP contribution < -0.4 is 11.1 Å². The topological polar surface area (TPSA) is 102 Å². The Hall–Kier alpha value is -1.14. The zero-order chi connectivity index (χ0) is 15.5. The van der Waals surface area contributed by atoms with E-state index in [2.05, 4.69) is 5.32 Å². The number of ether oxygens (including phenoxy) is 1. The van der Waals surface area contributed by atoms with Gasteiger partial charge in [0.1, 0.15) is 5.41 Å². The first-order valence-electron chi connectivity index (χ1n) is 7.77. The second kappa shape index (κ2) is 6.32. The average molecular weight is 298 g/mol. The molecule has 2 aliphatic rings. The molecular formula is C15H26N2O4. The molecule has 0 radical (unpaired) electrons. The highest BCUT2D eigenvalue weighted by Gasteiger charge is 2.49. The molecule has 1 saturated heterocycles. The zero-order valence-corrected chi connectivity index (χ0v) is 12.7. The summed E-state index contributed by atoms with van der Waals surface area (Å²) in [5.41, 5.74) is 4.30. The van der Waals surface area contributed by atoms with Crippen LogP contribution in [0.5, 0.6) is 0 Å². The summed E-state index contributed by atoms with van der Waals surface area (Å²) in [5.74, 6) is -1.04. The Bertz CT molecular complexity index is 404. The number of nitrogens with two attached hydrogens (primary N) is 1. The van der Waals surface area contributed by atoms with Gasteiger partial charge in [-0.05, 0) is 19.8 Å². The molecule has 1 saturated carbocycles. The van der Waals surface area contributed by atoms with Crippen LogP contribution in [0.3, 0.4) is 0 Å². The van der Waals surface area contributed by atoms with Crippen molar-refractivity contribution in [3.05, 3.63) is 0 Å². The number of aliphatic carboxylic acids is 1. The standard InChI is InChI=1S/C15H26N2O4/c1-14(13(19)20)10-21-8-11(14)17-12(18)15(9-16)6-4-2-3-5-7-15/h11H,2-10,16H2,1H3,(H,17,18)(H,19,20). The minimum Gasteiger partial charge on any atom is -0.481 e. The molecule has 0 aromatic heterocycles. The highest BCUT2D eigenvalue weighted by atomic mass is 16.5. The molecule has 1 heterocycles. The SMILES string of the molecule is CC1(C(=O)O)COCC1NC(=O)C1(CN)CCCCCC1. The predicted molar refractivity (Wildman–Crippen MR) is 77.7 cm³/mol. The Labute approximate surface area is 125 Å². The third kappa shape index (κ3) is 3.06. The summed E-state index contributed by atoms with van der Waals surface area (Å²) in [6, 6.07) is -0.492. The van der Waals surface area contributed by atoms with Crippen molar-refractivity contribution in [2.45, 2.75) is 51.5 Å². The molecule has 0 aromatic carbocycles. The number of amides is 1. The zero-order valence-electron chi connectivity index (χ0n) is 12.7. The number of nitrogens with one attached hydrogen (secondary N) is 1. The van der Waals surface area contributed by atoms with E-state index < -0.39 is 22.8 Å². The monoisotopic (exact) mass is 298 g/mol. The average Bonchev–Trinajstić information content (AvgIpc) is 2.70. The lowest BCUT2D eigenvalue weighted by Gasteiger charge is -2.33. The van der Waals surface area contributed by atoms with Crippen LogP contribution in [-0.4, -0.2) is 42.8 Å². The lowest BCUT2D eigenvalue weighted by molar-refractivity contribution is -0.149. The third-order valence-corrected chi connectivity index (χ3v) is 5.18. The van der Waals surface area contributed by atoms with E-state index in [-0.39, 0.29) is 19.1 Å². The van der Waals surface area contributed by atoms with Gasteiger partial charge in [-0.1, -0.05) is 25.7 Å². The summed E-state index contributed by atoms with van der Waals surface area (Å²) in [6.07, 6.45) is 5.84.